The van der Waals surface area contributed by atoms with E-state index in [0.29, 0.717) is 40.9 Å². The first-order valence-electron chi connectivity index (χ1n) is 13.2. The van der Waals surface area contributed by atoms with Crippen LogP contribution in [-0.4, -0.2) is 48.7 Å². The zero-order chi connectivity index (χ0) is 27.7. The lowest BCUT2D eigenvalue weighted by molar-refractivity contribution is -0.134. The fourth-order valence-electron chi connectivity index (χ4n) is 6.16. The van der Waals surface area contributed by atoms with Crippen molar-refractivity contribution in [3.8, 4) is 0 Å². The van der Waals surface area contributed by atoms with Crippen LogP contribution in [0.2, 0.25) is 5.02 Å². The summed E-state index contributed by atoms with van der Waals surface area (Å²) in [7, 11) is 0. The van der Waals surface area contributed by atoms with Gasteiger partial charge >= 0.3 is 0 Å². The highest BCUT2D eigenvalue weighted by Crippen LogP contribution is 2.48. The second-order valence-electron chi connectivity index (χ2n) is 10.7. The molecule has 9 nitrogen and oxygen atoms in total. The third kappa shape index (κ3) is 5.30. The van der Waals surface area contributed by atoms with Crippen LogP contribution in [0.4, 0.5) is 4.39 Å². The van der Waals surface area contributed by atoms with Crippen LogP contribution in [-0.2, 0) is 11.3 Å². The molecule has 11 heteroatoms. The molecule has 1 spiro atoms. The van der Waals surface area contributed by atoms with Crippen molar-refractivity contribution in [1.29, 1.82) is 0 Å². The Morgan fingerprint density at radius 2 is 1.92 bits per heavy atom. The smallest absolute Gasteiger partial charge is 0.275 e. The summed E-state index contributed by atoms with van der Waals surface area (Å²) in [6, 6.07) is 11.3. The van der Waals surface area contributed by atoms with Gasteiger partial charge in [0.1, 0.15) is 17.2 Å². The Morgan fingerprint density at radius 3 is 2.54 bits per heavy atom. The van der Waals surface area contributed by atoms with E-state index in [4.69, 9.17) is 16.6 Å². The molecule has 1 aromatic heterocycles. The molecule has 204 valence electrons. The maximum absolute atomic E-state index is 14.1. The number of aromatic amines is 1. The number of rotatable bonds is 7. The lowest BCUT2D eigenvalue weighted by Gasteiger charge is -2.47. The first kappa shape index (κ1) is 26.9. The van der Waals surface area contributed by atoms with E-state index in [2.05, 4.69) is 39.8 Å². The number of hydrogen-bond acceptors (Lipinski definition) is 6. The van der Waals surface area contributed by atoms with Crippen LogP contribution in [0.1, 0.15) is 79.8 Å². The summed E-state index contributed by atoms with van der Waals surface area (Å²) in [5.74, 6) is 0.164. The minimum Gasteiger partial charge on any atom is -0.345 e. The largest absolute Gasteiger partial charge is 0.345 e. The molecule has 2 heterocycles. The number of benzene rings is 2. The Balaban J connectivity index is 1.45. The molecule has 2 aromatic carbocycles. The van der Waals surface area contributed by atoms with Crippen molar-refractivity contribution in [2.24, 2.45) is 16.8 Å². The van der Waals surface area contributed by atoms with E-state index in [1.54, 1.807) is 18.2 Å². The van der Waals surface area contributed by atoms with Gasteiger partial charge in [0.2, 0.25) is 0 Å². The average molecular weight is 552 g/mol. The standard InChI is InChI=1S/C28H31ClFN7O2/c1-4-23(18-5-7-19(8-6-18)26(38)31-15-24-33-35-36-34-24)37-27(39)25(20-9-10-22(30)21(29)12-20)32-28(37)13-16(2)11-17(3)14-28/h5-10,12,16-17,23H,4,11,13-15H2,1-3H3,(H,31,38)(H,33,34,35,36)/t16?,17?,23-,28?/m1/s1. The Labute approximate surface area is 231 Å². The molecule has 5 rings (SSSR count). The quantitative estimate of drug-likeness (QED) is 0.435. The molecule has 2 amide bonds. The number of nitrogens with zero attached hydrogens (tertiary/aromatic N) is 5. The van der Waals surface area contributed by atoms with E-state index in [9.17, 15) is 14.0 Å². The normalized spacial score (nSPS) is 23.7. The molecule has 2 unspecified atom stereocenters. The van der Waals surface area contributed by atoms with Gasteiger partial charge in [-0.3, -0.25) is 14.6 Å². The monoisotopic (exact) mass is 551 g/mol. The number of aromatic nitrogens is 4. The summed E-state index contributed by atoms with van der Waals surface area (Å²) in [5, 5.41) is 16.2. The molecule has 2 N–H and O–H groups in total. The van der Waals surface area contributed by atoms with Crippen molar-refractivity contribution < 1.29 is 14.0 Å². The molecule has 0 saturated heterocycles. The van der Waals surface area contributed by atoms with Gasteiger partial charge in [-0.2, -0.15) is 5.21 Å². The number of carbonyl (C=O) groups is 2. The number of hydrogen-bond donors (Lipinski definition) is 2. The van der Waals surface area contributed by atoms with Crippen LogP contribution in [0, 0.1) is 17.7 Å². The van der Waals surface area contributed by atoms with Gasteiger partial charge < -0.3 is 10.2 Å². The number of H-pyrrole nitrogens is 1. The number of tetrazole rings is 1. The second-order valence-corrected chi connectivity index (χ2v) is 11.1. The zero-order valence-electron chi connectivity index (χ0n) is 22.1. The van der Waals surface area contributed by atoms with Crippen LogP contribution in [0.25, 0.3) is 0 Å². The first-order chi connectivity index (χ1) is 18.7. The van der Waals surface area contributed by atoms with Gasteiger partial charge in [-0.1, -0.05) is 49.7 Å². The van der Waals surface area contributed by atoms with Gasteiger partial charge in [0.25, 0.3) is 11.8 Å². The topological polar surface area (TPSA) is 116 Å². The lowest BCUT2D eigenvalue weighted by Crippen LogP contribution is -2.52. The summed E-state index contributed by atoms with van der Waals surface area (Å²) in [6.45, 7) is 6.60. The molecular formula is C28H31ClFN7O2. The minimum atomic E-state index is -0.703. The van der Waals surface area contributed by atoms with Crippen LogP contribution < -0.4 is 5.32 Å². The van der Waals surface area contributed by atoms with E-state index in [-0.39, 0.29) is 29.4 Å². The van der Waals surface area contributed by atoms with Gasteiger partial charge in [-0.05, 0) is 73.4 Å². The highest BCUT2D eigenvalue weighted by Gasteiger charge is 2.53. The van der Waals surface area contributed by atoms with Crippen molar-refractivity contribution in [1.82, 2.24) is 30.8 Å². The van der Waals surface area contributed by atoms with Gasteiger partial charge in [0, 0.05) is 11.1 Å². The molecule has 39 heavy (non-hydrogen) atoms. The van der Waals surface area contributed by atoms with E-state index >= 15 is 0 Å². The Morgan fingerprint density at radius 1 is 1.21 bits per heavy atom. The summed E-state index contributed by atoms with van der Waals surface area (Å²) in [6.07, 6.45) is 3.22. The van der Waals surface area contributed by atoms with Crippen LogP contribution in [0.5, 0.6) is 0 Å². The maximum atomic E-state index is 14.1. The molecule has 1 aliphatic heterocycles. The number of amides is 2. The minimum absolute atomic E-state index is 0.0406. The fraction of sp³-hybridized carbons (Fsp3) is 0.429. The van der Waals surface area contributed by atoms with Crippen molar-refractivity contribution >= 4 is 29.1 Å². The molecule has 3 aromatic rings. The number of nitrogens with one attached hydrogen (secondary N) is 2. The molecule has 0 bridgehead atoms. The van der Waals surface area contributed by atoms with Crippen LogP contribution >= 0.6 is 11.6 Å². The summed E-state index contributed by atoms with van der Waals surface area (Å²) in [5.41, 5.74) is 1.53. The molecule has 1 aliphatic carbocycles. The Hall–Kier alpha value is -3.66. The zero-order valence-corrected chi connectivity index (χ0v) is 22.9. The predicted octanol–water partition coefficient (Wildman–Crippen LogP) is 4.86. The maximum Gasteiger partial charge on any atom is 0.275 e. The fourth-order valence-corrected chi connectivity index (χ4v) is 6.34. The van der Waals surface area contributed by atoms with E-state index in [1.165, 1.54) is 12.1 Å². The van der Waals surface area contributed by atoms with Crippen molar-refractivity contribution in [3.05, 3.63) is 75.8 Å². The van der Waals surface area contributed by atoms with Crippen LogP contribution in [0.15, 0.2) is 47.5 Å². The molecular weight excluding hydrogens is 521 g/mol. The Kier molecular flexibility index (Phi) is 7.48. The van der Waals surface area contributed by atoms with Gasteiger partial charge in [-0.15, -0.1) is 10.2 Å². The predicted molar refractivity (Wildman–Crippen MR) is 145 cm³/mol. The second kappa shape index (κ2) is 10.8. The summed E-state index contributed by atoms with van der Waals surface area (Å²) in [4.78, 5) is 33.8. The van der Waals surface area contributed by atoms with Gasteiger partial charge in [0.15, 0.2) is 5.82 Å². The number of aliphatic imine (C=N–C) groups is 1. The molecule has 2 aliphatic rings. The highest BCUT2D eigenvalue weighted by atomic mass is 35.5. The van der Waals surface area contributed by atoms with Gasteiger partial charge in [-0.25, -0.2) is 4.39 Å². The van der Waals surface area contributed by atoms with Crippen molar-refractivity contribution in [2.45, 2.75) is 64.7 Å². The van der Waals surface area contributed by atoms with E-state index < -0.39 is 11.5 Å². The highest BCUT2D eigenvalue weighted by molar-refractivity contribution is 6.47. The Bertz CT molecular complexity index is 1380. The SMILES string of the molecule is CC[C@H](c1ccc(C(=O)NCc2nn[nH]n2)cc1)N1C(=O)C(c2ccc(F)c(Cl)c2)=NC12CC(C)CC(C)C2. The van der Waals surface area contributed by atoms with E-state index in [0.717, 1.165) is 24.8 Å². The third-order valence-electron chi connectivity index (χ3n) is 7.59. The molecule has 1 fully saturated rings. The summed E-state index contributed by atoms with van der Waals surface area (Å²) >= 11 is 6.08. The molecule has 3 atom stereocenters. The third-order valence-corrected chi connectivity index (χ3v) is 7.88. The average Bonchev–Trinajstić information content (AvgIpc) is 3.52. The van der Waals surface area contributed by atoms with E-state index in [1.807, 2.05) is 24.0 Å². The van der Waals surface area contributed by atoms with Gasteiger partial charge in [0.05, 0.1) is 17.6 Å². The summed E-state index contributed by atoms with van der Waals surface area (Å²) < 4.78 is 13.9. The lowest BCUT2D eigenvalue weighted by atomic mass is 9.75. The van der Waals surface area contributed by atoms with Crippen molar-refractivity contribution in [2.75, 3.05) is 0 Å². The molecule has 0 radical (unpaired) electrons. The molecule has 1 saturated carbocycles. The number of halogens is 2. The van der Waals surface area contributed by atoms with Crippen LogP contribution in [0.3, 0.4) is 0 Å². The first-order valence-corrected chi connectivity index (χ1v) is 13.6. The van der Waals surface area contributed by atoms with Crippen molar-refractivity contribution in [3.63, 3.8) is 0 Å². The number of carbonyl (C=O) groups excluding carboxylic acids is 2.